The van der Waals surface area contributed by atoms with E-state index in [-0.39, 0.29) is 11.8 Å². The van der Waals surface area contributed by atoms with Crippen LogP contribution in [0, 0.1) is 5.82 Å². The number of halogens is 1. The summed E-state index contributed by atoms with van der Waals surface area (Å²) in [5, 5.41) is 14.3. The van der Waals surface area contributed by atoms with E-state index >= 15 is 0 Å². The highest BCUT2D eigenvalue weighted by Crippen LogP contribution is 2.15. The van der Waals surface area contributed by atoms with Crippen molar-refractivity contribution >= 4 is 23.4 Å². The lowest BCUT2D eigenvalue weighted by Crippen LogP contribution is -2.50. The lowest BCUT2D eigenvalue weighted by Gasteiger charge is -2.35. The fourth-order valence-electron chi connectivity index (χ4n) is 2.64. The van der Waals surface area contributed by atoms with Crippen LogP contribution in [0.15, 0.2) is 36.4 Å². The van der Waals surface area contributed by atoms with Gasteiger partial charge in [0, 0.05) is 38.4 Å². The molecular formula is C17H21FN6O. The highest BCUT2D eigenvalue weighted by Gasteiger charge is 2.22. The number of aromatic nitrogens is 2. The van der Waals surface area contributed by atoms with Crippen LogP contribution in [0.3, 0.4) is 0 Å². The fourth-order valence-corrected chi connectivity index (χ4v) is 2.64. The molecule has 1 aliphatic heterocycles. The zero-order valence-electron chi connectivity index (χ0n) is 14.1. The van der Waals surface area contributed by atoms with Crippen LogP contribution in [-0.2, 0) is 0 Å². The van der Waals surface area contributed by atoms with Gasteiger partial charge in [0.05, 0.1) is 0 Å². The molecule has 0 saturated carbocycles. The predicted molar refractivity (Wildman–Crippen MR) is 95.4 cm³/mol. The number of hydrogen-bond donors (Lipinski definition) is 2. The van der Waals surface area contributed by atoms with E-state index in [0.29, 0.717) is 31.9 Å². The summed E-state index contributed by atoms with van der Waals surface area (Å²) in [6, 6.07) is 9.39. The number of nitrogens with zero attached hydrogens (tertiary/aromatic N) is 4. The SMILES string of the molecule is CCNc1ccc(N2CCN(C(=O)Nc3ccc(F)cc3)CC2)nn1. The molecule has 1 aromatic carbocycles. The Morgan fingerprint density at radius 1 is 1.08 bits per heavy atom. The van der Waals surface area contributed by atoms with Crippen molar-refractivity contribution in [3.8, 4) is 0 Å². The smallest absolute Gasteiger partial charge is 0.321 e. The minimum absolute atomic E-state index is 0.181. The minimum Gasteiger partial charge on any atom is -0.369 e. The molecule has 8 heteroatoms. The Kier molecular flexibility index (Phi) is 5.27. The maximum absolute atomic E-state index is 12.9. The topological polar surface area (TPSA) is 73.4 Å². The molecule has 0 bridgehead atoms. The molecule has 0 radical (unpaired) electrons. The molecule has 2 aromatic rings. The van der Waals surface area contributed by atoms with Crippen LogP contribution >= 0.6 is 0 Å². The first-order chi connectivity index (χ1) is 12.2. The third-order valence-electron chi connectivity index (χ3n) is 3.99. The molecule has 1 saturated heterocycles. The summed E-state index contributed by atoms with van der Waals surface area (Å²) in [5.74, 6) is 1.23. The summed E-state index contributed by atoms with van der Waals surface area (Å²) in [6.45, 7) is 5.35. The molecule has 2 N–H and O–H groups in total. The van der Waals surface area contributed by atoms with Crippen LogP contribution in [0.2, 0.25) is 0 Å². The van der Waals surface area contributed by atoms with Crippen molar-refractivity contribution < 1.29 is 9.18 Å². The molecule has 3 rings (SSSR count). The highest BCUT2D eigenvalue weighted by atomic mass is 19.1. The summed E-state index contributed by atoms with van der Waals surface area (Å²) < 4.78 is 12.9. The summed E-state index contributed by atoms with van der Waals surface area (Å²) in [6.07, 6.45) is 0. The number of benzene rings is 1. The number of rotatable bonds is 4. The molecule has 1 aliphatic rings. The zero-order valence-corrected chi connectivity index (χ0v) is 14.1. The second-order valence-electron chi connectivity index (χ2n) is 5.72. The van der Waals surface area contributed by atoms with Gasteiger partial charge in [-0.2, -0.15) is 0 Å². The van der Waals surface area contributed by atoms with Crippen molar-refractivity contribution in [2.24, 2.45) is 0 Å². The van der Waals surface area contributed by atoms with Gasteiger partial charge >= 0.3 is 6.03 Å². The van der Waals surface area contributed by atoms with Crippen molar-refractivity contribution in [1.82, 2.24) is 15.1 Å². The molecule has 7 nitrogen and oxygen atoms in total. The van der Waals surface area contributed by atoms with E-state index in [0.717, 1.165) is 18.2 Å². The van der Waals surface area contributed by atoms with Gasteiger partial charge in [-0.15, -0.1) is 10.2 Å². The fraction of sp³-hybridized carbons (Fsp3) is 0.353. The number of amides is 2. The monoisotopic (exact) mass is 344 g/mol. The number of nitrogens with one attached hydrogen (secondary N) is 2. The van der Waals surface area contributed by atoms with Crippen molar-refractivity contribution in [3.63, 3.8) is 0 Å². The van der Waals surface area contributed by atoms with E-state index in [1.807, 2.05) is 19.1 Å². The van der Waals surface area contributed by atoms with E-state index in [2.05, 4.69) is 25.7 Å². The molecule has 132 valence electrons. The Bertz CT molecular complexity index is 698. The minimum atomic E-state index is -0.326. The number of carbonyl (C=O) groups excluding carboxylic acids is 1. The van der Waals surface area contributed by atoms with Gasteiger partial charge in [-0.25, -0.2) is 9.18 Å². The van der Waals surface area contributed by atoms with Crippen molar-refractivity contribution in [2.75, 3.05) is 48.3 Å². The molecule has 0 spiro atoms. The van der Waals surface area contributed by atoms with Gasteiger partial charge in [-0.05, 0) is 43.3 Å². The molecule has 2 heterocycles. The Labute approximate surface area is 145 Å². The van der Waals surface area contributed by atoms with E-state index in [9.17, 15) is 9.18 Å². The van der Waals surface area contributed by atoms with Gasteiger partial charge in [0.1, 0.15) is 11.6 Å². The summed E-state index contributed by atoms with van der Waals surface area (Å²) in [7, 11) is 0. The Balaban J connectivity index is 1.52. The third kappa shape index (κ3) is 4.34. The molecular weight excluding hydrogens is 323 g/mol. The second-order valence-corrected chi connectivity index (χ2v) is 5.72. The number of anilines is 3. The van der Waals surface area contributed by atoms with E-state index in [4.69, 9.17) is 0 Å². The van der Waals surface area contributed by atoms with E-state index < -0.39 is 0 Å². The largest absolute Gasteiger partial charge is 0.369 e. The van der Waals surface area contributed by atoms with Crippen molar-refractivity contribution in [3.05, 3.63) is 42.2 Å². The quantitative estimate of drug-likeness (QED) is 0.891. The molecule has 2 amide bonds. The van der Waals surface area contributed by atoms with Crippen LogP contribution < -0.4 is 15.5 Å². The average Bonchev–Trinajstić information content (AvgIpc) is 2.65. The normalized spacial score (nSPS) is 14.3. The molecule has 25 heavy (non-hydrogen) atoms. The van der Waals surface area contributed by atoms with E-state index in [1.54, 1.807) is 17.0 Å². The molecule has 0 aliphatic carbocycles. The van der Waals surface area contributed by atoms with Crippen LogP contribution in [0.25, 0.3) is 0 Å². The molecule has 0 unspecified atom stereocenters. The lowest BCUT2D eigenvalue weighted by atomic mass is 10.3. The number of hydrogen-bond acceptors (Lipinski definition) is 5. The van der Waals surface area contributed by atoms with E-state index in [1.165, 1.54) is 12.1 Å². The first kappa shape index (κ1) is 16.9. The first-order valence-electron chi connectivity index (χ1n) is 8.30. The predicted octanol–water partition coefficient (Wildman–Crippen LogP) is 2.40. The van der Waals surface area contributed by atoms with Gasteiger partial charge in [0.2, 0.25) is 0 Å². The zero-order chi connectivity index (χ0) is 17.6. The second kappa shape index (κ2) is 7.78. The Morgan fingerprint density at radius 3 is 2.40 bits per heavy atom. The van der Waals surface area contributed by atoms with Crippen LogP contribution in [0.4, 0.5) is 26.5 Å². The maximum atomic E-state index is 12.9. The van der Waals surface area contributed by atoms with Gasteiger partial charge in [0.25, 0.3) is 0 Å². The van der Waals surface area contributed by atoms with Crippen molar-refractivity contribution in [2.45, 2.75) is 6.92 Å². The Morgan fingerprint density at radius 2 is 1.80 bits per heavy atom. The van der Waals surface area contributed by atoms with Gasteiger partial charge in [0.15, 0.2) is 5.82 Å². The molecule has 1 fully saturated rings. The number of urea groups is 1. The highest BCUT2D eigenvalue weighted by molar-refractivity contribution is 5.89. The standard InChI is InChI=1S/C17H21FN6O/c1-2-19-15-7-8-16(22-21-15)23-9-11-24(12-10-23)17(25)20-14-5-3-13(18)4-6-14/h3-8H,2,9-12H2,1H3,(H,19,21)(H,20,25). The van der Waals surface area contributed by atoms with Crippen LogP contribution in [-0.4, -0.2) is 53.9 Å². The first-order valence-corrected chi connectivity index (χ1v) is 8.30. The van der Waals surface area contributed by atoms with Crippen LogP contribution in [0.5, 0.6) is 0 Å². The van der Waals surface area contributed by atoms with Crippen molar-refractivity contribution in [1.29, 1.82) is 0 Å². The summed E-state index contributed by atoms with van der Waals surface area (Å²) in [4.78, 5) is 16.1. The average molecular weight is 344 g/mol. The van der Waals surface area contributed by atoms with Gasteiger partial charge in [-0.3, -0.25) is 0 Å². The molecule has 1 aromatic heterocycles. The summed E-state index contributed by atoms with van der Waals surface area (Å²) >= 11 is 0. The number of piperazine rings is 1. The van der Waals surface area contributed by atoms with Crippen LogP contribution in [0.1, 0.15) is 6.92 Å². The summed E-state index contributed by atoms with van der Waals surface area (Å²) in [5.41, 5.74) is 0.582. The maximum Gasteiger partial charge on any atom is 0.321 e. The third-order valence-corrected chi connectivity index (χ3v) is 3.99. The molecule has 0 atom stereocenters. The Hall–Kier alpha value is -2.90. The lowest BCUT2D eigenvalue weighted by molar-refractivity contribution is 0.208. The number of carbonyl (C=O) groups is 1. The van der Waals surface area contributed by atoms with Gasteiger partial charge in [-0.1, -0.05) is 0 Å². The van der Waals surface area contributed by atoms with Gasteiger partial charge < -0.3 is 20.4 Å².